The maximum atomic E-state index is 11.1. The maximum Gasteiger partial charge on any atom is 0.324 e. The molecule has 0 aromatic rings. The van der Waals surface area contributed by atoms with Gasteiger partial charge in [0.25, 0.3) is 0 Å². The quantitative estimate of drug-likeness (QED) is 0.627. The number of rotatable bonds is 4. The van der Waals surface area contributed by atoms with Crippen LogP contribution in [0.15, 0.2) is 0 Å². The van der Waals surface area contributed by atoms with Crippen LogP contribution in [0.5, 0.6) is 0 Å². The van der Waals surface area contributed by atoms with Gasteiger partial charge < -0.3 is 9.64 Å². The zero-order valence-electron chi connectivity index (χ0n) is 7.87. The van der Waals surface area contributed by atoms with Gasteiger partial charge in [0.1, 0.15) is 6.54 Å². The van der Waals surface area contributed by atoms with Gasteiger partial charge in [-0.25, -0.2) is 4.79 Å². The molecule has 1 heterocycles. The van der Waals surface area contributed by atoms with E-state index in [1.807, 2.05) is 13.8 Å². The number of nitrogens with zero attached hydrogens (tertiary/aromatic N) is 1. The molecule has 3 amide bonds. The van der Waals surface area contributed by atoms with E-state index in [4.69, 9.17) is 4.74 Å². The second kappa shape index (κ2) is 4.23. The Kier molecular flexibility index (Phi) is 3.25. The SMILES string of the molecule is CCOCC(C)N1CC(=O)NC1=O. The number of nitrogens with one attached hydrogen (secondary N) is 1. The van der Waals surface area contributed by atoms with Gasteiger partial charge in [-0.1, -0.05) is 0 Å². The van der Waals surface area contributed by atoms with Crippen LogP contribution >= 0.6 is 0 Å². The molecule has 1 saturated heterocycles. The Hall–Kier alpha value is -1.10. The number of carbonyl (C=O) groups excluding carboxylic acids is 2. The molecule has 0 aliphatic carbocycles. The number of hydrogen-bond donors (Lipinski definition) is 1. The Morgan fingerprint density at radius 1 is 1.62 bits per heavy atom. The highest BCUT2D eigenvalue weighted by Gasteiger charge is 2.30. The predicted octanol–water partition coefficient (Wildman–Crippen LogP) is -0.0368. The Bertz CT molecular complexity index is 217. The number of imide groups is 1. The molecule has 1 aliphatic rings. The molecule has 1 rings (SSSR count). The average Bonchev–Trinajstić information content (AvgIpc) is 2.41. The molecular weight excluding hydrogens is 172 g/mol. The van der Waals surface area contributed by atoms with Crippen LogP contribution in [0.4, 0.5) is 4.79 Å². The first kappa shape index (κ1) is 9.98. The zero-order valence-corrected chi connectivity index (χ0v) is 7.87. The van der Waals surface area contributed by atoms with Crippen LogP contribution in [0, 0.1) is 0 Å². The van der Waals surface area contributed by atoms with Gasteiger partial charge in [0.15, 0.2) is 0 Å². The molecule has 1 N–H and O–H groups in total. The highest BCUT2D eigenvalue weighted by Crippen LogP contribution is 2.04. The summed E-state index contributed by atoms with van der Waals surface area (Å²) >= 11 is 0. The maximum absolute atomic E-state index is 11.1. The van der Waals surface area contributed by atoms with E-state index in [1.54, 1.807) is 0 Å². The van der Waals surface area contributed by atoms with Gasteiger partial charge in [0.2, 0.25) is 5.91 Å². The van der Waals surface area contributed by atoms with Crippen molar-refractivity contribution in [1.29, 1.82) is 0 Å². The largest absolute Gasteiger partial charge is 0.380 e. The molecular formula is C8H14N2O3. The van der Waals surface area contributed by atoms with E-state index in [-0.39, 0.29) is 24.5 Å². The van der Waals surface area contributed by atoms with Gasteiger partial charge in [-0.2, -0.15) is 0 Å². The minimum Gasteiger partial charge on any atom is -0.380 e. The highest BCUT2D eigenvalue weighted by molar-refractivity contribution is 6.02. The summed E-state index contributed by atoms with van der Waals surface area (Å²) < 4.78 is 5.16. The van der Waals surface area contributed by atoms with Crippen molar-refractivity contribution in [2.45, 2.75) is 19.9 Å². The smallest absolute Gasteiger partial charge is 0.324 e. The number of ether oxygens (including phenoxy) is 1. The van der Waals surface area contributed by atoms with E-state index in [2.05, 4.69) is 5.32 Å². The van der Waals surface area contributed by atoms with Crippen molar-refractivity contribution >= 4 is 11.9 Å². The Balaban J connectivity index is 2.42. The third-order valence-electron chi connectivity index (χ3n) is 1.92. The van der Waals surface area contributed by atoms with Gasteiger partial charge in [-0.05, 0) is 13.8 Å². The molecule has 13 heavy (non-hydrogen) atoms. The molecule has 74 valence electrons. The summed E-state index contributed by atoms with van der Waals surface area (Å²) in [6.45, 7) is 4.98. The topological polar surface area (TPSA) is 58.6 Å². The third kappa shape index (κ3) is 2.42. The Morgan fingerprint density at radius 3 is 2.77 bits per heavy atom. The molecule has 5 nitrogen and oxygen atoms in total. The monoisotopic (exact) mass is 186 g/mol. The zero-order chi connectivity index (χ0) is 9.84. The first-order chi connectivity index (χ1) is 6.15. The van der Waals surface area contributed by atoms with Crippen molar-refractivity contribution < 1.29 is 14.3 Å². The van der Waals surface area contributed by atoms with Gasteiger partial charge in [0, 0.05) is 6.61 Å². The lowest BCUT2D eigenvalue weighted by molar-refractivity contribution is -0.118. The second-order valence-corrected chi connectivity index (χ2v) is 2.99. The van der Waals surface area contributed by atoms with E-state index in [0.29, 0.717) is 13.2 Å². The van der Waals surface area contributed by atoms with Crippen LogP contribution in [0.2, 0.25) is 0 Å². The standard InChI is InChI=1S/C8H14N2O3/c1-3-13-5-6(2)10-4-7(11)9-8(10)12/h6H,3-5H2,1-2H3,(H,9,11,12). The van der Waals surface area contributed by atoms with Crippen LogP contribution in [0.1, 0.15) is 13.8 Å². The number of urea groups is 1. The summed E-state index contributed by atoms with van der Waals surface area (Å²) in [4.78, 5) is 23.4. The Labute approximate surface area is 77.0 Å². The van der Waals surface area contributed by atoms with E-state index in [1.165, 1.54) is 4.90 Å². The number of carbonyl (C=O) groups is 2. The van der Waals surface area contributed by atoms with E-state index >= 15 is 0 Å². The molecule has 1 fully saturated rings. The summed E-state index contributed by atoms with van der Waals surface area (Å²) in [5.41, 5.74) is 0. The lowest BCUT2D eigenvalue weighted by Crippen LogP contribution is -2.38. The van der Waals surface area contributed by atoms with Crippen LogP contribution in [-0.2, 0) is 9.53 Å². The average molecular weight is 186 g/mol. The number of hydrogen-bond acceptors (Lipinski definition) is 3. The fraction of sp³-hybridized carbons (Fsp3) is 0.750. The third-order valence-corrected chi connectivity index (χ3v) is 1.92. The van der Waals surface area contributed by atoms with Crippen molar-refractivity contribution in [3.63, 3.8) is 0 Å². The summed E-state index contributed by atoms with van der Waals surface area (Å²) in [7, 11) is 0. The van der Waals surface area contributed by atoms with E-state index in [9.17, 15) is 9.59 Å². The normalized spacial score (nSPS) is 19.1. The first-order valence-corrected chi connectivity index (χ1v) is 4.33. The van der Waals surface area contributed by atoms with Crippen molar-refractivity contribution in [1.82, 2.24) is 10.2 Å². The van der Waals surface area contributed by atoms with Gasteiger partial charge in [0.05, 0.1) is 12.6 Å². The number of amides is 3. The molecule has 0 saturated carbocycles. The lowest BCUT2D eigenvalue weighted by atomic mass is 10.3. The summed E-state index contributed by atoms with van der Waals surface area (Å²) in [5, 5.41) is 2.22. The fourth-order valence-electron chi connectivity index (χ4n) is 1.19. The predicted molar refractivity (Wildman–Crippen MR) is 46.2 cm³/mol. The van der Waals surface area contributed by atoms with Crippen LogP contribution in [0.3, 0.4) is 0 Å². The Morgan fingerprint density at radius 2 is 2.31 bits per heavy atom. The molecule has 5 heteroatoms. The first-order valence-electron chi connectivity index (χ1n) is 4.33. The van der Waals surface area contributed by atoms with Crippen molar-refractivity contribution in [2.75, 3.05) is 19.8 Å². The molecule has 0 aromatic carbocycles. The minimum atomic E-state index is -0.322. The molecule has 0 radical (unpaired) electrons. The molecule has 0 bridgehead atoms. The summed E-state index contributed by atoms with van der Waals surface area (Å²) in [5.74, 6) is -0.242. The highest BCUT2D eigenvalue weighted by atomic mass is 16.5. The minimum absolute atomic E-state index is 0.0496. The van der Waals surface area contributed by atoms with Gasteiger partial charge in [-0.15, -0.1) is 0 Å². The molecule has 1 aliphatic heterocycles. The van der Waals surface area contributed by atoms with E-state index in [0.717, 1.165) is 0 Å². The lowest BCUT2D eigenvalue weighted by Gasteiger charge is -2.21. The summed E-state index contributed by atoms with van der Waals surface area (Å²) in [6, 6.07) is -0.372. The van der Waals surface area contributed by atoms with Crippen LogP contribution in [-0.4, -0.2) is 42.6 Å². The molecule has 0 aromatic heterocycles. The molecule has 1 unspecified atom stereocenters. The van der Waals surface area contributed by atoms with Crippen LogP contribution < -0.4 is 5.32 Å². The van der Waals surface area contributed by atoms with Crippen molar-refractivity contribution in [3.8, 4) is 0 Å². The fourth-order valence-corrected chi connectivity index (χ4v) is 1.19. The van der Waals surface area contributed by atoms with Gasteiger partial charge in [-0.3, -0.25) is 10.1 Å². The van der Waals surface area contributed by atoms with Crippen LogP contribution in [0.25, 0.3) is 0 Å². The second-order valence-electron chi connectivity index (χ2n) is 2.99. The van der Waals surface area contributed by atoms with Crippen molar-refractivity contribution in [2.24, 2.45) is 0 Å². The molecule has 0 spiro atoms. The van der Waals surface area contributed by atoms with Crippen molar-refractivity contribution in [3.05, 3.63) is 0 Å². The summed E-state index contributed by atoms with van der Waals surface area (Å²) in [6.07, 6.45) is 0. The molecule has 1 atom stereocenters. The van der Waals surface area contributed by atoms with E-state index < -0.39 is 0 Å². The van der Waals surface area contributed by atoms with Gasteiger partial charge >= 0.3 is 6.03 Å².